The molecule has 3 fully saturated rings. The number of hydrogen-bond donors (Lipinski definition) is 2. The van der Waals surface area contributed by atoms with Crippen LogP contribution in [-0.2, 0) is 22.7 Å². The van der Waals surface area contributed by atoms with Crippen LogP contribution >= 0.6 is 0 Å². The van der Waals surface area contributed by atoms with E-state index in [9.17, 15) is 9.59 Å². The maximum absolute atomic E-state index is 12.5. The van der Waals surface area contributed by atoms with E-state index < -0.39 is 0 Å². The smallest absolute Gasteiger partial charge is 0.224 e. The largest absolute Gasteiger partial charge is 0.355 e. The lowest BCUT2D eigenvalue weighted by molar-refractivity contribution is -0.133. The highest BCUT2D eigenvalue weighted by molar-refractivity contribution is 5.79. The van der Waals surface area contributed by atoms with Gasteiger partial charge in [-0.2, -0.15) is 0 Å². The van der Waals surface area contributed by atoms with E-state index >= 15 is 0 Å². The van der Waals surface area contributed by atoms with Gasteiger partial charge in [-0.25, -0.2) is 0 Å². The minimum atomic E-state index is -0.0724. The van der Waals surface area contributed by atoms with Gasteiger partial charge in [0.2, 0.25) is 11.8 Å². The number of piperidine rings is 3. The number of nitrogens with one attached hydrogen (secondary N) is 2. The molecule has 4 rings (SSSR count). The first-order valence-corrected chi connectivity index (χ1v) is 9.72. The van der Waals surface area contributed by atoms with Crippen LogP contribution < -0.4 is 10.6 Å². The normalized spacial score (nSPS) is 27.0. The third kappa shape index (κ3) is 5.26. The van der Waals surface area contributed by atoms with Crippen molar-refractivity contribution in [3.05, 3.63) is 11.9 Å². The van der Waals surface area contributed by atoms with Crippen LogP contribution in [0.2, 0.25) is 0 Å². The Bertz CT molecular complexity index is 660. The van der Waals surface area contributed by atoms with Crippen molar-refractivity contribution in [2.75, 3.05) is 40.3 Å². The molecule has 9 nitrogen and oxygen atoms in total. The topological polar surface area (TPSA) is 95.4 Å². The number of carbonyl (C=O) groups excluding carboxylic acids is 2. The molecule has 2 N–H and O–H groups in total. The van der Waals surface area contributed by atoms with E-state index in [0.29, 0.717) is 25.0 Å². The lowest BCUT2D eigenvalue weighted by Gasteiger charge is -2.49. The predicted octanol–water partition coefficient (Wildman–Crippen LogP) is -0.698. The second-order valence-electron chi connectivity index (χ2n) is 7.98. The van der Waals surface area contributed by atoms with Crippen molar-refractivity contribution in [1.82, 2.24) is 35.4 Å². The molecule has 0 aromatic carbocycles. The highest BCUT2D eigenvalue weighted by Gasteiger charge is 2.43. The zero-order chi connectivity index (χ0) is 19.4. The SMILES string of the molecule is CC(=O)NCCNC(=O)[C@H]1CN2CC[C@@H]1C[C@@H]2Cn1cc(CN(C)C)nn1. The van der Waals surface area contributed by atoms with Gasteiger partial charge in [-0.05, 0) is 39.4 Å². The van der Waals surface area contributed by atoms with E-state index in [1.807, 2.05) is 25.0 Å². The van der Waals surface area contributed by atoms with Gasteiger partial charge in [-0.3, -0.25) is 19.2 Å². The number of rotatable bonds is 8. The van der Waals surface area contributed by atoms with Crippen LogP contribution in [-0.4, -0.2) is 82.9 Å². The van der Waals surface area contributed by atoms with Crippen LogP contribution in [0, 0.1) is 11.8 Å². The summed E-state index contributed by atoms with van der Waals surface area (Å²) < 4.78 is 1.94. The molecule has 3 aliphatic rings. The summed E-state index contributed by atoms with van der Waals surface area (Å²) in [4.78, 5) is 27.9. The van der Waals surface area contributed by atoms with Gasteiger partial charge in [0.15, 0.2) is 0 Å². The molecule has 0 spiro atoms. The maximum atomic E-state index is 12.5. The van der Waals surface area contributed by atoms with Gasteiger partial charge in [0.25, 0.3) is 0 Å². The molecule has 1 aromatic rings. The third-order valence-electron chi connectivity index (χ3n) is 5.48. The van der Waals surface area contributed by atoms with Crippen molar-refractivity contribution >= 4 is 11.8 Å². The van der Waals surface area contributed by atoms with Gasteiger partial charge in [-0.15, -0.1) is 5.10 Å². The Morgan fingerprint density at radius 3 is 2.74 bits per heavy atom. The fraction of sp³-hybridized carbons (Fsp3) is 0.778. The molecule has 3 aliphatic heterocycles. The Kier molecular flexibility index (Phi) is 6.43. The monoisotopic (exact) mass is 377 g/mol. The summed E-state index contributed by atoms with van der Waals surface area (Å²) >= 11 is 0. The van der Waals surface area contributed by atoms with Crippen molar-refractivity contribution in [3.63, 3.8) is 0 Å². The van der Waals surface area contributed by atoms with Gasteiger partial charge >= 0.3 is 0 Å². The molecule has 4 atom stereocenters. The van der Waals surface area contributed by atoms with E-state index in [-0.39, 0.29) is 17.7 Å². The summed E-state index contributed by atoms with van der Waals surface area (Å²) in [5.41, 5.74) is 0.979. The Morgan fingerprint density at radius 2 is 2.07 bits per heavy atom. The van der Waals surface area contributed by atoms with Crippen molar-refractivity contribution in [1.29, 1.82) is 0 Å². The summed E-state index contributed by atoms with van der Waals surface area (Å²) in [7, 11) is 4.04. The predicted molar refractivity (Wildman–Crippen MR) is 101 cm³/mol. The highest BCUT2D eigenvalue weighted by Crippen LogP contribution is 2.36. The van der Waals surface area contributed by atoms with E-state index in [2.05, 4.69) is 30.7 Å². The summed E-state index contributed by atoms with van der Waals surface area (Å²) in [6, 6.07) is 0.418. The average Bonchev–Trinajstić information content (AvgIpc) is 3.05. The number of fused-ring (bicyclic) bond motifs is 3. The lowest BCUT2D eigenvalue weighted by atomic mass is 9.75. The highest BCUT2D eigenvalue weighted by atomic mass is 16.2. The van der Waals surface area contributed by atoms with Crippen molar-refractivity contribution in [2.24, 2.45) is 11.8 Å². The van der Waals surface area contributed by atoms with Crippen LogP contribution in [0.1, 0.15) is 25.5 Å². The molecule has 4 heterocycles. The molecule has 9 heteroatoms. The van der Waals surface area contributed by atoms with Crippen LogP contribution in [0.5, 0.6) is 0 Å². The van der Waals surface area contributed by atoms with Crippen molar-refractivity contribution < 1.29 is 9.59 Å². The first-order valence-electron chi connectivity index (χ1n) is 9.72. The van der Waals surface area contributed by atoms with E-state index in [0.717, 1.165) is 44.7 Å². The zero-order valence-electron chi connectivity index (χ0n) is 16.5. The van der Waals surface area contributed by atoms with E-state index in [4.69, 9.17) is 0 Å². The van der Waals surface area contributed by atoms with Crippen LogP contribution in [0.4, 0.5) is 0 Å². The van der Waals surface area contributed by atoms with Crippen LogP contribution in [0.3, 0.4) is 0 Å². The number of hydrogen-bond acceptors (Lipinski definition) is 6. The van der Waals surface area contributed by atoms with Gasteiger partial charge in [-0.1, -0.05) is 5.21 Å². The molecule has 0 saturated carbocycles. The molecule has 1 aromatic heterocycles. The van der Waals surface area contributed by atoms with Crippen molar-refractivity contribution in [3.8, 4) is 0 Å². The maximum Gasteiger partial charge on any atom is 0.224 e. The first-order chi connectivity index (χ1) is 12.9. The quantitative estimate of drug-likeness (QED) is 0.582. The summed E-state index contributed by atoms with van der Waals surface area (Å²) in [5.74, 6) is 0.511. The summed E-state index contributed by atoms with van der Waals surface area (Å²) in [6.45, 7) is 5.91. The standard InChI is InChI=1S/C18H31N7O2/c1-13(26)19-5-6-20-18(27)17-12-24-7-4-14(17)8-16(24)11-25-10-15(21-22-25)9-23(2)3/h10,14,16-17H,4-9,11-12H2,1-3H3,(H,19,26)(H,20,27)/t14-,16-,17+/m1/s1. The van der Waals surface area contributed by atoms with E-state index in [1.54, 1.807) is 0 Å². The van der Waals surface area contributed by atoms with Crippen LogP contribution in [0.25, 0.3) is 0 Å². The average molecular weight is 377 g/mol. The Morgan fingerprint density at radius 1 is 1.30 bits per heavy atom. The molecule has 27 heavy (non-hydrogen) atoms. The Labute approximate surface area is 160 Å². The fourth-order valence-electron chi connectivity index (χ4n) is 4.22. The molecule has 150 valence electrons. The Hall–Kier alpha value is -2.00. The second kappa shape index (κ2) is 8.79. The molecular formula is C18H31N7O2. The van der Waals surface area contributed by atoms with Crippen LogP contribution in [0.15, 0.2) is 6.20 Å². The van der Waals surface area contributed by atoms with Crippen molar-refractivity contribution in [2.45, 2.75) is 38.9 Å². The number of nitrogens with zero attached hydrogens (tertiary/aromatic N) is 5. The lowest BCUT2D eigenvalue weighted by Crippen LogP contribution is -2.58. The number of amides is 2. The molecule has 2 amide bonds. The zero-order valence-corrected chi connectivity index (χ0v) is 16.5. The number of aromatic nitrogens is 3. The molecule has 2 bridgehead atoms. The molecular weight excluding hydrogens is 346 g/mol. The van der Waals surface area contributed by atoms with Gasteiger partial charge in [0.05, 0.1) is 18.2 Å². The summed E-state index contributed by atoms with van der Waals surface area (Å²) in [5, 5.41) is 14.2. The molecule has 0 aliphatic carbocycles. The molecule has 1 unspecified atom stereocenters. The second-order valence-corrected chi connectivity index (χ2v) is 7.98. The first kappa shape index (κ1) is 19.8. The van der Waals surface area contributed by atoms with Gasteiger partial charge < -0.3 is 15.5 Å². The fourth-order valence-corrected chi connectivity index (χ4v) is 4.22. The number of carbonyl (C=O) groups is 2. The molecule has 3 saturated heterocycles. The van der Waals surface area contributed by atoms with Gasteiger partial charge in [0, 0.05) is 45.3 Å². The minimum absolute atomic E-state index is 0.0485. The van der Waals surface area contributed by atoms with Gasteiger partial charge in [0.1, 0.15) is 0 Å². The third-order valence-corrected chi connectivity index (χ3v) is 5.48. The minimum Gasteiger partial charge on any atom is -0.355 e. The van der Waals surface area contributed by atoms with E-state index in [1.165, 1.54) is 6.92 Å². The summed E-state index contributed by atoms with van der Waals surface area (Å²) in [6.07, 6.45) is 4.12. The molecule has 0 radical (unpaired) electrons. The Balaban J connectivity index is 1.49.